The summed E-state index contributed by atoms with van der Waals surface area (Å²) in [5.74, 6) is 0. The van der Waals surface area contributed by atoms with Gasteiger partial charge in [-0.1, -0.05) is 20.5 Å². The molecule has 0 bridgehead atoms. The van der Waals surface area contributed by atoms with Crippen molar-refractivity contribution in [3.63, 3.8) is 0 Å². The molecule has 0 radical (unpaired) electrons. The average Bonchev–Trinajstić information content (AvgIpc) is 2.33. The predicted octanol–water partition coefficient (Wildman–Crippen LogP) is 1.05. The molecule has 0 aliphatic carbocycles. The molecule has 0 aromatic carbocycles. The summed E-state index contributed by atoms with van der Waals surface area (Å²) in [6, 6.07) is 1.73. The average molecular weight is 178 g/mol. The highest BCUT2D eigenvalue weighted by molar-refractivity contribution is 7.52. The van der Waals surface area contributed by atoms with Crippen LogP contribution in [0.5, 0.6) is 0 Å². The van der Waals surface area contributed by atoms with E-state index in [1.807, 2.05) is 0 Å². The van der Waals surface area contributed by atoms with Gasteiger partial charge in [-0.25, -0.2) is 0 Å². The molecule has 9 heavy (non-hydrogen) atoms. The summed E-state index contributed by atoms with van der Waals surface area (Å²) in [4.78, 5) is 0. The fraction of sp³-hybridized carbons (Fsp3) is 0. The van der Waals surface area contributed by atoms with E-state index in [0.717, 1.165) is 4.62 Å². The molecule has 5 heteroatoms. The van der Waals surface area contributed by atoms with Gasteiger partial charge in [0, 0.05) is 6.07 Å². The lowest BCUT2D eigenvalue weighted by atomic mass is 10.7. The van der Waals surface area contributed by atoms with Crippen LogP contribution in [0, 0.1) is 0 Å². The van der Waals surface area contributed by atoms with Gasteiger partial charge in [0.1, 0.15) is 0 Å². The van der Waals surface area contributed by atoms with E-state index in [2.05, 4.69) is 0 Å². The predicted molar refractivity (Wildman–Crippen MR) is 41.6 cm³/mol. The van der Waals surface area contributed by atoms with Crippen LogP contribution in [0.1, 0.15) is 0 Å². The zero-order chi connectivity index (χ0) is 6.69. The molecule has 2 unspecified atom stereocenters. The fourth-order valence-electron chi connectivity index (χ4n) is 0.469. The number of hydrogen-bond acceptors (Lipinski definition) is 3. The standard InChI is InChI=1S/C4H2O2P2S/c5-7-3-1-2-9-4(3)8-6/h1-2H/p+2. The Morgan fingerprint density at radius 3 is 2.56 bits per heavy atom. The topological polar surface area (TPSA) is 34.1 Å². The first kappa shape index (κ1) is 7.01. The molecule has 0 saturated carbocycles. The van der Waals surface area contributed by atoms with E-state index >= 15 is 0 Å². The monoisotopic (exact) mass is 178 g/mol. The Balaban J connectivity index is 3.12. The second-order valence-electron chi connectivity index (χ2n) is 1.37. The van der Waals surface area contributed by atoms with Crippen molar-refractivity contribution in [1.29, 1.82) is 0 Å². The summed E-state index contributed by atoms with van der Waals surface area (Å²) in [6.07, 6.45) is 0. The van der Waals surface area contributed by atoms with Crippen molar-refractivity contribution in [2.45, 2.75) is 0 Å². The van der Waals surface area contributed by atoms with E-state index in [-0.39, 0.29) is 0 Å². The van der Waals surface area contributed by atoms with E-state index in [1.54, 1.807) is 11.4 Å². The molecule has 1 aromatic heterocycles. The van der Waals surface area contributed by atoms with Gasteiger partial charge in [-0.15, -0.1) is 0 Å². The molecule has 46 valence electrons. The third-order valence-corrected chi connectivity index (χ3v) is 3.72. The summed E-state index contributed by atoms with van der Waals surface area (Å²) in [7, 11) is -0.937. The Hall–Kier alpha value is -0.100. The zero-order valence-electron chi connectivity index (χ0n) is 4.38. The highest BCUT2D eigenvalue weighted by Crippen LogP contribution is 2.05. The normalized spacial score (nSPS) is 10.7. The SMILES string of the molecule is O=[PH+]c1ccsc1[PH+]=O. The largest absolute Gasteiger partial charge is 0.378 e. The minimum Gasteiger partial charge on any atom is -0.0919 e. The van der Waals surface area contributed by atoms with Crippen LogP contribution < -0.4 is 9.92 Å². The number of rotatable bonds is 2. The van der Waals surface area contributed by atoms with Crippen LogP contribution in [0.3, 0.4) is 0 Å². The molecule has 0 fully saturated rings. The molecular weight excluding hydrogens is 174 g/mol. The smallest absolute Gasteiger partial charge is 0.0919 e. The van der Waals surface area contributed by atoms with Crippen LogP contribution in [0.25, 0.3) is 0 Å². The lowest BCUT2D eigenvalue weighted by Gasteiger charge is -1.59. The van der Waals surface area contributed by atoms with Gasteiger partial charge in [-0.2, -0.15) is 0 Å². The first-order chi connectivity index (χ1) is 4.38. The second-order valence-corrected chi connectivity index (χ2v) is 4.09. The van der Waals surface area contributed by atoms with E-state index in [4.69, 9.17) is 0 Å². The van der Waals surface area contributed by atoms with Gasteiger partial charge in [0.2, 0.25) is 0 Å². The first-order valence-corrected chi connectivity index (χ1v) is 4.92. The Morgan fingerprint density at radius 1 is 1.33 bits per heavy atom. The highest BCUT2D eigenvalue weighted by Gasteiger charge is 2.16. The molecule has 0 aliphatic heterocycles. The van der Waals surface area contributed by atoms with Crippen LogP contribution in [-0.2, 0) is 9.13 Å². The minimum atomic E-state index is -0.473. The zero-order valence-corrected chi connectivity index (χ0v) is 7.20. The quantitative estimate of drug-likeness (QED) is 0.634. The summed E-state index contributed by atoms with van der Waals surface area (Å²) in [5.41, 5.74) is 0. The lowest BCUT2D eigenvalue weighted by molar-refractivity contribution is 0.601. The molecule has 2 nitrogen and oxygen atoms in total. The molecule has 0 spiro atoms. The van der Waals surface area contributed by atoms with Crippen LogP contribution in [0.15, 0.2) is 11.4 Å². The molecule has 2 atom stereocenters. The van der Waals surface area contributed by atoms with Gasteiger partial charge in [-0.3, -0.25) is 0 Å². The Kier molecular flexibility index (Phi) is 2.47. The van der Waals surface area contributed by atoms with Gasteiger partial charge in [0.25, 0.3) is 9.92 Å². The molecule has 0 saturated heterocycles. The third-order valence-electron chi connectivity index (χ3n) is 0.868. The van der Waals surface area contributed by atoms with Crippen molar-refractivity contribution in [3.8, 4) is 0 Å². The van der Waals surface area contributed by atoms with Crippen LogP contribution in [0.2, 0.25) is 0 Å². The number of hydrogen-bond donors (Lipinski definition) is 0. The Bertz CT molecular complexity index is 210. The van der Waals surface area contributed by atoms with Crippen molar-refractivity contribution >= 4 is 38.2 Å². The molecule has 0 N–H and O–H groups in total. The minimum absolute atomic E-state index is 0.464. The molecular formula is C4H4O2P2S+2. The van der Waals surface area contributed by atoms with Gasteiger partial charge in [-0.05, 0) is 5.38 Å². The van der Waals surface area contributed by atoms with Gasteiger partial charge < -0.3 is 0 Å². The van der Waals surface area contributed by atoms with Gasteiger partial charge in [0.15, 0.2) is 0 Å². The van der Waals surface area contributed by atoms with Crippen LogP contribution in [-0.4, -0.2) is 0 Å². The van der Waals surface area contributed by atoms with Crippen molar-refractivity contribution in [2.24, 2.45) is 0 Å². The summed E-state index contributed by atoms with van der Waals surface area (Å²) < 4.78 is 21.3. The van der Waals surface area contributed by atoms with E-state index in [9.17, 15) is 9.13 Å². The Morgan fingerprint density at radius 2 is 2.11 bits per heavy atom. The van der Waals surface area contributed by atoms with Crippen LogP contribution >= 0.6 is 28.3 Å². The molecule has 0 amide bonds. The van der Waals surface area contributed by atoms with Crippen molar-refractivity contribution in [1.82, 2.24) is 0 Å². The summed E-state index contributed by atoms with van der Waals surface area (Å²) in [6.45, 7) is 0. The van der Waals surface area contributed by atoms with Crippen molar-refractivity contribution in [3.05, 3.63) is 11.4 Å². The maximum atomic E-state index is 10.3. The maximum Gasteiger partial charge on any atom is 0.378 e. The van der Waals surface area contributed by atoms with Crippen LogP contribution in [0.4, 0.5) is 0 Å². The lowest BCUT2D eigenvalue weighted by Crippen LogP contribution is -2.02. The van der Waals surface area contributed by atoms with E-state index < -0.39 is 16.9 Å². The Labute approximate surface area is 59.3 Å². The summed E-state index contributed by atoms with van der Waals surface area (Å²) >= 11 is 1.38. The van der Waals surface area contributed by atoms with Gasteiger partial charge >= 0.3 is 16.9 Å². The third kappa shape index (κ3) is 1.42. The molecule has 1 aromatic rings. The fourth-order valence-corrected chi connectivity index (χ4v) is 2.57. The molecule has 0 aliphatic rings. The van der Waals surface area contributed by atoms with Crippen molar-refractivity contribution < 1.29 is 9.13 Å². The first-order valence-electron chi connectivity index (χ1n) is 2.22. The second kappa shape index (κ2) is 3.17. The number of thiophene rings is 1. The van der Waals surface area contributed by atoms with Crippen molar-refractivity contribution in [2.75, 3.05) is 0 Å². The molecule has 1 heterocycles. The highest BCUT2D eigenvalue weighted by atomic mass is 32.1. The maximum absolute atomic E-state index is 10.3. The van der Waals surface area contributed by atoms with Gasteiger partial charge in [0.05, 0.1) is 0 Å². The van der Waals surface area contributed by atoms with E-state index in [1.165, 1.54) is 11.3 Å². The molecule has 1 rings (SSSR count). The summed E-state index contributed by atoms with van der Waals surface area (Å²) in [5, 5.41) is 2.49. The van der Waals surface area contributed by atoms with E-state index in [0.29, 0.717) is 5.30 Å².